The molecule has 0 aromatic carbocycles. The van der Waals surface area contributed by atoms with Gasteiger partial charge in [-0.3, -0.25) is 0 Å². The molecule has 0 unspecified atom stereocenters. The lowest BCUT2D eigenvalue weighted by molar-refractivity contribution is -0.910. The minimum atomic E-state index is -0.920. The number of hydrogen-bond acceptors (Lipinski definition) is 2. The molecule has 0 aromatic rings. The molecule has 0 amide bonds. The predicted molar refractivity (Wildman–Crippen MR) is 280 cm³/mol. The van der Waals surface area contributed by atoms with Crippen LogP contribution in [0.3, 0.4) is 0 Å². The number of aliphatic carboxylic acids is 1. The van der Waals surface area contributed by atoms with Gasteiger partial charge in [0.15, 0.2) is 0 Å². The fourth-order valence-electron chi connectivity index (χ4n) is 9.19. The number of hydrogen-bond donors (Lipinski definition) is 0. The summed E-state index contributed by atoms with van der Waals surface area (Å²) in [5.41, 5.74) is 0. The maximum atomic E-state index is 9.92. The van der Waals surface area contributed by atoms with Gasteiger partial charge in [0.1, 0.15) is 0 Å². The second-order valence-corrected chi connectivity index (χ2v) is 20.7. The summed E-state index contributed by atoms with van der Waals surface area (Å²) < 4.78 is 2.71. The van der Waals surface area contributed by atoms with Crippen LogP contribution < -0.4 is 17.5 Å². The van der Waals surface area contributed by atoms with Gasteiger partial charge in [-0.15, -0.1) is 0 Å². The molecule has 0 spiro atoms. The molecule has 63 heavy (non-hydrogen) atoms. The molecule has 0 rings (SSSR count). The van der Waals surface area contributed by atoms with Crippen LogP contribution in [-0.4, -0.2) is 68.3 Å². The highest BCUT2D eigenvalue weighted by molar-refractivity contribution is 5.64. The Bertz CT molecular complexity index is 687. The quantitative estimate of drug-likeness (QED) is 0.0451. The number of quaternary nitrogens is 2. The summed E-state index contributed by atoms with van der Waals surface area (Å²) in [5, 5.41) is 9.92. The molecule has 0 saturated heterocycles. The van der Waals surface area contributed by atoms with Crippen molar-refractivity contribution >= 4 is 5.97 Å². The lowest BCUT2D eigenvalue weighted by Crippen LogP contribution is -3.00. The van der Waals surface area contributed by atoms with Crippen molar-refractivity contribution in [3.63, 3.8) is 0 Å². The van der Waals surface area contributed by atoms with E-state index in [1.54, 1.807) is 0 Å². The van der Waals surface area contributed by atoms with Crippen LogP contribution in [0.2, 0.25) is 0 Å². The van der Waals surface area contributed by atoms with Gasteiger partial charge in [0, 0.05) is 5.97 Å². The molecule has 0 heterocycles. The Morgan fingerprint density at radius 3 is 0.571 bits per heavy atom. The molecule has 0 saturated carbocycles. The van der Waals surface area contributed by atoms with Crippen LogP contribution in [0.4, 0.5) is 0 Å². The Morgan fingerprint density at radius 1 is 0.270 bits per heavy atom. The third kappa shape index (κ3) is 59.7. The average molecular weight is 916 g/mol. The van der Waals surface area contributed by atoms with Gasteiger partial charge in [0.05, 0.1) is 53.4 Å². The molecule has 0 aliphatic heterocycles. The Kier molecular flexibility index (Phi) is 63.5. The molecule has 4 nitrogen and oxygen atoms in total. The van der Waals surface area contributed by atoms with Gasteiger partial charge < -0.3 is 31.3 Å². The number of unbranched alkanes of at least 4 members (excludes halogenated alkanes) is 34. The highest BCUT2D eigenvalue weighted by Crippen LogP contribution is 2.18. The van der Waals surface area contributed by atoms with E-state index in [0.29, 0.717) is 0 Å². The first-order chi connectivity index (χ1) is 30.1. The molecule has 0 aliphatic rings. The Morgan fingerprint density at radius 2 is 0.413 bits per heavy atom. The van der Waals surface area contributed by atoms with Crippen molar-refractivity contribution in [2.24, 2.45) is 0 Å². The number of carboxylic acid groups (broad SMARTS) is 1. The third-order valence-corrected chi connectivity index (χ3v) is 13.8. The standard InChI is InChI=1S/2C25H54N.C8H16O2.ClH/c2*1-5-8-11-14-17-20-23-26(4,24-21-18-15-12-9-6-2)25-22-19-16-13-10-7-3;1-2-3-4-5-6-7-8(9)10;/h2*5-25H2,1-4H3;2-7H2,1H3,(H,9,10);1H/q2*+1;;/p-2. The first-order valence-electron chi connectivity index (χ1n) is 29.0. The van der Waals surface area contributed by atoms with Crippen molar-refractivity contribution in [2.45, 2.75) is 318 Å². The van der Waals surface area contributed by atoms with Crippen molar-refractivity contribution in [2.75, 3.05) is 53.4 Å². The summed E-state index contributed by atoms with van der Waals surface area (Å²) in [5.74, 6) is -0.920. The molecule has 0 aromatic heterocycles. The smallest absolute Gasteiger partial charge is 0.0784 e. The molecule has 0 bridgehead atoms. The number of carboxylic acids is 1. The average Bonchev–Trinajstić information content (AvgIpc) is 3.26. The topological polar surface area (TPSA) is 40.1 Å². The fraction of sp³-hybridized carbons (Fsp3) is 0.983. The zero-order valence-electron chi connectivity index (χ0n) is 45.5. The van der Waals surface area contributed by atoms with Crippen molar-refractivity contribution in [1.29, 1.82) is 0 Å². The van der Waals surface area contributed by atoms with Crippen LogP contribution in [0.25, 0.3) is 0 Å². The lowest BCUT2D eigenvalue weighted by atomic mass is 10.1. The van der Waals surface area contributed by atoms with Gasteiger partial charge in [-0.1, -0.05) is 228 Å². The normalized spacial score (nSPS) is 11.4. The van der Waals surface area contributed by atoms with Gasteiger partial charge in [0.2, 0.25) is 0 Å². The van der Waals surface area contributed by atoms with Crippen LogP contribution in [0, 0.1) is 0 Å². The molecule has 384 valence electrons. The number of nitrogens with zero attached hydrogens (tertiary/aromatic N) is 2. The minimum Gasteiger partial charge on any atom is -1.00 e. The van der Waals surface area contributed by atoms with Crippen molar-refractivity contribution in [1.82, 2.24) is 0 Å². The van der Waals surface area contributed by atoms with E-state index >= 15 is 0 Å². The van der Waals surface area contributed by atoms with Gasteiger partial charge in [-0.05, 0) is 89.9 Å². The summed E-state index contributed by atoms with van der Waals surface area (Å²) in [6.45, 7) is 24.6. The lowest BCUT2D eigenvalue weighted by Gasteiger charge is -2.35. The molecular formula is C58H123ClN2O2. The van der Waals surface area contributed by atoms with Gasteiger partial charge in [-0.2, -0.15) is 0 Å². The van der Waals surface area contributed by atoms with E-state index in [1.807, 2.05) is 0 Å². The van der Waals surface area contributed by atoms with Crippen molar-refractivity contribution < 1.29 is 31.3 Å². The molecular weight excluding hydrogens is 792 g/mol. The highest BCUT2D eigenvalue weighted by Gasteiger charge is 2.21. The third-order valence-electron chi connectivity index (χ3n) is 13.8. The first-order valence-corrected chi connectivity index (χ1v) is 29.0. The van der Waals surface area contributed by atoms with Crippen LogP contribution in [-0.2, 0) is 4.79 Å². The maximum absolute atomic E-state index is 9.92. The first kappa shape index (κ1) is 69.3. The zero-order chi connectivity index (χ0) is 46.5. The predicted octanol–water partition coefficient (Wildman–Crippen LogP) is 15.1. The summed E-state index contributed by atoms with van der Waals surface area (Å²) in [7, 11) is 5.12. The van der Waals surface area contributed by atoms with Crippen molar-refractivity contribution in [3.8, 4) is 0 Å². The molecule has 0 fully saturated rings. The number of rotatable bonds is 48. The van der Waals surface area contributed by atoms with E-state index in [0.717, 1.165) is 19.3 Å². The van der Waals surface area contributed by atoms with Gasteiger partial charge in [-0.25, -0.2) is 0 Å². The largest absolute Gasteiger partial charge is 1.00 e. The molecule has 0 aliphatic carbocycles. The molecule has 0 radical (unpaired) electrons. The Hall–Kier alpha value is -0.320. The number of carbonyl (C=O) groups excluding carboxylic acids is 1. The second kappa shape index (κ2) is 57.8. The van der Waals surface area contributed by atoms with Crippen LogP contribution >= 0.6 is 0 Å². The highest BCUT2D eigenvalue weighted by atomic mass is 35.5. The Balaban J connectivity index is -0.000000449. The summed E-state index contributed by atoms with van der Waals surface area (Å²) in [6.07, 6.45) is 57.3. The van der Waals surface area contributed by atoms with E-state index in [2.05, 4.69) is 62.6 Å². The molecule has 0 atom stereocenters. The van der Waals surface area contributed by atoms with Gasteiger partial charge >= 0.3 is 0 Å². The second-order valence-electron chi connectivity index (χ2n) is 20.7. The molecule has 5 heteroatoms. The van der Waals surface area contributed by atoms with E-state index < -0.39 is 5.97 Å². The van der Waals surface area contributed by atoms with Crippen molar-refractivity contribution in [3.05, 3.63) is 0 Å². The summed E-state index contributed by atoms with van der Waals surface area (Å²) >= 11 is 0. The summed E-state index contributed by atoms with van der Waals surface area (Å²) in [4.78, 5) is 9.92. The Labute approximate surface area is 407 Å². The van der Waals surface area contributed by atoms with E-state index in [1.165, 1.54) is 292 Å². The van der Waals surface area contributed by atoms with E-state index in [9.17, 15) is 9.90 Å². The fourth-order valence-corrected chi connectivity index (χ4v) is 9.19. The van der Waals surface area contributed by atoms with Crippen LogP contribution in [0.15, 0.2) is 0 Å². The van der Waals surface area contributed by atoms with Gasteiger partial charge in [0.25, 0.3) is 0 Å². The van der Waals surface area contributed by atoms with Crippen LogP contribution in [0.5, 0.6) is 0 Å². The monoisotopic (exact) mass is 915 g/mol. The zero-order valence-corrected chi connectivity index (χ0v) is 46.3. The SMILES string of the molecule is CCCCCCCC(=O)[O-].CCCCCCCC[N+](C)(CCCCCCCC)CCCCCCCC.CCCCCCCC[N+](C)(CCCCCCCC)CCCCCCCC.[Cl-]. The van der Waals surface area contributed by atoms with E-state index in [-0.39, 0.29) is 18.8 Å². The summed E-state index contributed by atoms with van der Waals surface area (Å²) in [6, 6.07) is 0. The number of carbonyl (C=O) groups is 1. The molecule has 0 N–H and O–H groups in total. The minimum absolute atomic E-state index is 0. The maximum Gasteiger partial charge on any atom is 0.0784 e. The van der Waals surface area contributed by atoms with E-state index in [4.69, 9.17) is 0 Å². The number of halogens is 1. The van der Waals surface area contributed by atoms with Crippen LogP contribution in [0.1, 0.15) is 318 Å².